The fraction of sp³-hybridized carbons (Fsp3) is 0.647. The van der Waals surface area contributed by atoms with E-state index in [-0.39, 0.29) is 5.91 Å². The number of carbonyl (C=O) groups excluding carboxylic acids is 1. The van der Waals surface area contributed by atoms with Crippen molar-refractivity contribution in [2.45, 2.75) is 57.0 Å². The van der Waals surface area contributed by atoms with Crippen molar-refractivity contribution in [3.05, 3.63) is 30.1 Å². The van der Waals surface area contributed by atoms with Gasteiger partial charge in [-0.1, -0.05) is 12.5 Å². The van der Waals surface area contributed by atoms with Crippen LogP contribution < -0.4 is 11.1 Å². The van der Waals surface area contributed by atoms with Crippen LogP contribution in [0.5, 0.6) is 0 Å². The van der Waals surface area contributed by atoms with Gasteiger partial charge in [-0.25, -0.2) is 0 Å². The Morgan fingerprint density at radius 2 is 2.05 bits per heavy atom. The molecule has 21 heavy (non-hydrogen) atoms. The lowest BCUT2D eigenvalue weighted by Crippen LogP contribution is -2.53. The normalized spacial score (nSPS) is 31.7. The van der Waals surface area contributed by atoms with Gasteiger partial charge in [0, 0.05) is 30.4 Å². The molecule has 0 saturated heterocycles. The van der Waals surface area contributed by atoms with E-state index in [1.54, 1.807) is 6.20 Å². The third-order valence-corrected chi connectivity index (χ3v) is 5.04. The Morgan fingerprint density at radius 3 is 2.71 bits per heavy atom. The highest BCUT2D eigenvalue weighted by atomic mass is 16.1. The molecule has 3 N–H and O–H groups in total. The van der Waals surface area contributed by atoms with Crippen molar-refractivity contribution in [1.82, 2.24) is 10.3 Å². The van der Waals surface area contributed by atoms with Crippen LogP contribution in [-0.4, -0.2) is 23.0 Å². The summed E-state index contributed by atoms with van der Waals surface area (Å²) in [6.07, 6.45) is 8.89. The average molecular weight is 287 g/mol. The summed E-state index contributed by atoms with van der Waals surface area (Å²) in [5.41, 5.74) is 7.12. The molecule has 2 fully saturated rings. The number of aryl methyl sites for hydroxylation is 1. The minimum Gasteiger partial charge on any atom is -0.353 e. The molecule has 0 spiro atoms. The molecule has 0 aliphatic heterocycles. The number of amides is 1. The Morgan fingerprint density at radius 1 is 1.29 bits per heavy atom. The van der Waals surface area contributed by atoms with Crippen LogP contribution in [0.1, 0.15) is 44.2 Å². The van der Waals surface area contributed by atoms with E-state index < -0.39 is 0 Å². The van der Waals surface area contributed by atoms with Crippen molar-refractivity contribution in [1.29, 1.82) is 0 Å². The van der Waals surface area contributed by atoms with Crippen molar-refractivity contribution >= 4 is 5.91 Å². The van der Waals surface area contributed by atoms with E-state index in [1.807, 2.05) is 18.2 Å². The molecule has 2 unspecified atom stereocenters. The van der Waals surface area contributed by atoms with Crippen molar-refractivity contribution in [3.63, 3.8) is 0 Å². The first kappa shape index (κ1) is 14.5. The largest absolute Gasteiger partial charge is 0.353 e. The maximum atomic E-state index is 12.2. The summed E-state index contributed by atoms with van der Waals surface area (Å²) < 4.78 is 0. The Kier molecular flexibility index (Phi) is 4.54. The predicted octanol–water partition coefficient (Wildman–Crippen LogP) is 2.04. The topological polar surface area (TPSA) is 68.0 Å². The summed E-state index contributed by atoms with van der Waals surface area (Å²) in [4.78, 5) is 16.5. The second-order valence-electron chi connectivity index (χ2n) is 6.60. The summed E-state index contributed by atoms with van der Waals surface area (Å²) >= 11 is 0. The second kappa shape index (κ2) is 6.56. The van der Waals surface area contributed by atoms with Gasteiger partial charge in [0.2, 0.25) is 5.91 Å². The van der Waals surface area contributed by atoms with E-state index in [9.17, 15) is 4.79 Å². The van der Waals surface area contributed by atoms with E-state index in [0.29, 0.717) is 36.8 Å². The number of aromatic nitrogens is 1. The van der Waals surface area contributed by atoms with Gasteiger partial charge in [0.15, 0.2) is 0 Å². The van der Waals surface area contributed by atoms with Gasteiger partial charge in [-0.2, -0.15) is 0 Å². The molecule has 2 atom stereocenters. The molecule has 4 nitrogen and oxygen atoms in total. The number of nitrogens with zero attached hydrogens (tertiary/aromatic N) is 1. The number of nitrogens with two attached hydrogens (primary N) is 1. The Hall–Kier alpha value is -1.42. The molecule has 2 bridgehead atoms. The number of hydrogen-bond donors (Lipinski definition) is 2. The molecule has 1 aromatic heterocycles. The highest BCUT2D eigenvalue weighted by Gasteiger charge is 2.39. The third-order valence-electron chi connectivity index (χ3n) is 5.04. The molecule has 3 rings (SSSR count). The summed E-state index contributed by atoms with van der Waals surface area (Å²) in [6.45, 7) is 0. The van der Waals surface area contributed by atoms with Crippen molar-refractivity contribution in [3.8, 4) is 0 Å². The van der Waals surface area contributed by atoms with Crippen LogP contribution >= 0.6 is 0 Å². The lowest BCUT2D eigenvalue weighted by atomic mass is 9.67. The maximum Gasteiger partial charge on any atom is 0.220 e. The van der Waals surface area contributed by atoms with Gasteiger partial charge in [0.25, 0.3) is 0 Å². The zero-order chi connectivity index (χ0) is 14.7. The molecule has 2 aliphatic rings. The molecule has 114 valence electrons. The lowest BCUT2D eigenvalue weighted by molar-refractivity contribution is -0.123. The van der Waals surface area contributed by atoms with Gasteiger partial charge < -0.3 is 11.1 Å². The van der Waals surface area contributed by atoms with Crippen LogP contribution in [0.15, 0.2) is 24.4 Å². The molecule has 1 amide bonds. The Labute approximate surface area is 126 Å². The number of hydrogen-bond acceptors (Lipinski definition) is 3. The van der Waals surface area contributed by atoms with Gasteiger partial charge in [0.05, 0.1) is 0 Å². The summed E-state index contributed by atoms with van der Waals surface area (Å²) in [7, 11) is 0. The molecular weight excluding hydrogens is 262 g/mol. The van der Waals surface area contributed by atoms with Crippen LogP contribution in [0.4, 0.5) is 0 Å². The lowest BCUT2D eigenvalue weighted by Gasteiger charge is -2.45. The first-order chi connectivity index (χ1) is 10.2. The van der Waals surface area contributed by atoms with Crippen molar-refractivity contribution in [2.24, 2.45) is 17.6 Å². The Balaban J connectivity index is 1.52. The van der Waals surface area contributed by atoms with Crippen LogP contribution in [-0.2, 0) is 11.2 Å². The van der Waals surface area contributed by atoms with Crippen molar-refractivity contribution < 1.29 is 4.79 Å². The summed E-state index contributed by atoms with van der Waals surface area (Å²) in [5.74, 6) is 1.34. The zero-order valence-corrected chi connectivity index (χ0v) is 12.5. The SMILES string of the molecule is NC1CC2CCCC(C1)C2NC(=O)CCc1ccccn1. The highest BCUT2D eigenvalue weighted by Crippen LogP contribution is 2.39. The van der Waals surface area contributed by atoms with Crippen LogP contribution in [0.25, 0.3) is 0 Å². The highest BCUT2D eigenvalue weighted by molar-refractivity contribution is 5.76. The number of pyridine rings is 1. The second-order valence-corrected chi connectivity index (χ2v) is 6.60. The molecule has 0 aromatic carbocycles. The molecule has 1 heterocycles. The minimum absolute atomic E-state index is 0.165. The molecule has 2 saturated carbocycles. The predicted molar refractivity (Wildman–Crippen MR) is 82.5 cm³/mol. The smallest absolute Gasteiger partial charge is 0.220 e. The zero-order valence-electron chi connectivity index (χ0n) is 12.5. The molecule has 0 radical (unpaired) electrons. The standard InChI is InChI=1S/C17H25N3O/c18-14-10-12-4-3-5-13(11-14)17(12)20-16(21)8-7-15-6-1-2-9-19-15/h1-2,6,9,12-14,17H,3-5,7-8,10-11,18H2,(H,20,21). The summed E-state index contributed by atoms with van der Waals surface area (Å²) in [6, 6.07) is 6.53. The molecule has 4 heteroatoms. The minimum atomic E-state index is 0.165. The number of fused-ring (bicyclic) bond motifs is 2. The van der Waals surface area contributed by atoms with Gasteiger partial charge >= 0.3 is 0 Å². The van der Waals surface area contributed by atoms with Crippen molar-refractivity contribution in [2.75, 3.05) is 0 Å². The van der Waals surface area contributed by atoms with Gasteiger partial charge in [0.1, 0.15) is 0 Å². The summed E-state index contributed by atoms with van der Waals surface area (Å²) in [5, 5.41) is 3.29. The van der Waals surface area contributed by atoms with E-state index in [1.165, 1.54) is 19.3 Å². The average Bonchev–Trinajstić information content (AvgIpc) is 2.47. The fourth-order valence-corrected chi connectivity index (χ4v) is 4.07. The van der Waals surface area contributed by atoms with Crippen LogP contribution in [0.3, 0.4) is 0 Å². The number of carbonyl (C=O) groups is 1. The first-order valence-electron chi connectivity index (χ1n) is 8.17. The van der Waals surface area contributed by atoms with E-state index in [0.717, 1.165) is 18.5 Å². The molecule has 1 aromatic rings. The van der Waals surface area contributed by atoms with Gasteiger partial charge in [-0.05, 0) is 56.1 Å². The van der Waals surface area contributed by atoms with Crippen LogP contribution in [0.2, 0.25) is 0 Å². The van der Waals surface area contributed by atoms with E-state index in [4.69, 9.17) is 5.73 Å². The Bertz CT molecular complexity index is 462. The number of nitrogens with one attached hydrogen (secondary N) is 1. The molecular formula is C17H25N3O. The van der Waals surface area contributed by atoms with E-state index >= 15 is 0 Å². The monoisotopic (exact) mass is 287 g/mol. The van der Waals surface area contributed by atoms with Gasteiger partial charge in [-0.3, -0.25) is 9.78 Å². The van der Waals surface area contributed by atoms with Gasteiger partial charge in [-0.15, -0.1) is 0 Å². The number of rotatable bonds is 4. The quantitative estimate of drug-likeness (QED) is 0.890. The van der Waals surface area contributed by atoms with E-state index in [2.05, 4.69) is 10.3 Å². The molecule has 2 aliphatic carbocycles. The van der Waals surface area contributed by atoms with Crippen LogP contribution in [0, 0.1) is 11.8 Å². The maximum absolute atomic E-state index is 12.2. The third kappa shape index (κ3) is 3.62. The first-order valence-corrected chi connectivity index (χ1v) is 8.17. The fourth-order valence-electron chi connectivity index (χ4n) is 4.07.